The van der Waals surface area contributed by atoms with Gasteiger partial charge in [-0.1, -0.05) is 11.2 Å². The molecule has 0 aromatic heterocycles. The number of rotatable bonds is 5. The van der Waals surface area contributed by atoms with E-state index in [-0.39, 0.29) is 12.5 Å². The first-order valence-corrected chi connectivity index (χ1v) is 7.87. The van der Waals surface area contributed by atoms with E-state index in [2.05, 4.69) is 5.16 Å². The fourth-order valence-corrected chi connectivity index (χ4v) is 2.92. The zero-order valence-electron chi connectivity index (χ0n) is 12.8. The summed E-state index contributed by atoms with van der Waals surface area (Å²) in [7, 11) is 1.76. The number of esters is 1. The van der Waals surface area contributed by atoms with E-state index in [1.807, 2.05) is 18.2 Å². The Balaban J connectivity index is 2.09. The minimum Gasteiger partial charge on any atom is -0.463 e. The molecule has 1 aliphatic rings. The van der Waals surface area contributed by atoms with Crippen LogP contribution in [0.5, 0.6) is 0 Å². The maximum Gasteiger partial charge on any atom is 0.347 e. The predicted octanol–water partition coefficient (Wildman–Crippen LogP) is 2.06. The molecule has 1 heterocycles. The van der Waals surface area contributed by atoms with Gasteiger partial charge in [0.25, 0.3) is 0 Å². The smallest absolute Gasteiger partial charge is 0.347 e. The second kappa shape index (κ2) is 7.31. The van der Waals surface area contributed by atoms with Crippen molar-refractivity contribution in [2.45, 2.75) is 18.7 Å². The molecule has 118 valence electrons. The maximum atomic E-state index is 11.7. The molecule has 7 heteroatoms. The molecule has 0 spiro atoms. The zero-order valence-corrected chi connectivity index (χ0v) is 13.6. The van der Waals surface area contributed by atoms with Gasteiger partial charge in [0, 0.05) is 17.5 Å². The fourth-order valence-electron chi connectivity index (χ4n) is 1.93. The zero-order chi connectivity index (χ0) is 16.1. The van der Waals surface area contributed by atoms with E-state index in [9.17, 15) is 9.59 Å². The first-order chi connectivity index (χ1) is 10.5. The van der Waals surface area contributed by atoms with E-state index >= 15 is 0 Å². The van der Waals surface area contributed by atoms with Gasteiger partial charge in [-0.25, -0.2) is 4.79 Å². The predicted molar refractivity (Wildman–Crippen MR) is 85.4 cm³/mol. The van der Waals surface area contributed by atoms with Crippen molar-refractivity contribution in [3.8, 4) is 0 Å². The molecule has 0 saturated heterocycles. The maximum absolute atomic E-state index is 11.7. The standard InChI is InChI=1S/C15H18N2O4S/c1-4-20-15(19)8-21-16-10(2)11-5-6-13-12(7-11)17(3)14(18)9-22-13/h5-7H,4,8-9H2,1-3H3/b16-10-. The number of nitrogens with zero attached hydrogens (tertiary/aromatic N) is 2. The highest BCUT2D eigenvalue weighted by atomic mass is 32.2. The van der Waals surface area contributed by atoms with Gasteiger partial charge in [-0.3, -0.25) is 4.79 Å². The number of benzene rings is 1. The third-order valence-corrected chi connectivity index (χ3v) is 4.20. The average molecular weight is 322 g/mol. The normalized spacial score (nSPS) is 14.6. The molecule has 1 amide bonds. The molecule has 0 aliphatic carbocycles. The molecular weight excluding hydrogens is 304 g/mol. The van der Waals surface area contributed by atoms with Gasteiger partial charge in [-0.15, -0.1) is 11.8 Å². The monoisotopic (exact) mass is 322 g/mol. The summed E-state index contributed by atoms with van der Waals surface area (Å²) in [5.74, 6) is 0.0764. The van der Waals surface area contributed by atoms with E-state index in [1.54, 1.807) is 25.8 Å². The Labute approximate surface area is 133 Å². The molecule has 0 saturated carbocycles. The Morgan fingerprint density at radius 3 is 2.95 bits per heavy atom. The molecule has 0 atom stereocenters. The summed E-state index contributed by atoms with van der Waals surface area (Å²) in [4.78, 5) is 30.6. The molecule has 6 nitrogen and oxygen atoms in total. The van der Waals surface area contributed by atoms with Crippen LogP contribution in [0.1, 0.15) is 19.4 Å². The summed E-state index contributed by atoms with van der Waals surface area (Å²) in [6.45, 7) is 3.61. The van der Waals surface area contributed by atoms with Crippen molar-refractivity contribution in [3.63, 3.8) is 0 Å². The molecule has 0 bridgehead atoms. The van der Waals surface area contributed by atoms with Crippen LogP contribution in [-0.4, -0.2) is 43.6 Å². The summed E-state index contributed by atoms with van der Waals surface area (Å²) in [6, 6.07) is 5.77. The van der Waals surface area contributed by atoms with E-state index in [0.717, 1.165) is 16.1 Å². The van der Waals surface area contributed by atoms with Crippen LogP contribution in [0.2, 0.25) is 0 Å². The quantitative estimate of drug-likeness (QED) is 0.471. The van der Waals surface area contributed by atoms with Crippen molar-refractivity contribution in [1.29, 1.82) is 0 Å². The van der Waals surface area contributed by atoms with Crippen LogP contribution in [0, 0.1) is 0 Å². The highest BCUT2D eigenvalue weighted by molar-refractivity contribution is 8.00. The second-order valence-electron chi connectivity index (χ2n) is 4.68. The summed E-state index contributed by atoms with van der Waals surface area (Å²) >= 11 is 1.52. The molecule has 22 heavy (non-hydrogen) atoms. The summed E-state index contributed by atoms with van der Waals surface area (Å²) < 4.78 is 4.75. The van der Waals surface area contributed by atoms with Crippen LogP contribution in [0.25, 0.3) is 0 Å². The number of amides is 1. The second-order valence-corrected chi connectivity index (χ2v) is 5.70. The molecule has 1 aromatic carbocycles. The van der Waals surface area contributed by atoms with E-state index in [1.165, 1.54) is 11.8 Å². The minimum absolute atomic E-state index is 0.0720. The van der Waals surface area contributed by atoms with Gasteiger partial charge in [0.15, 0.2) is 0 Å². The van der Waals surface area contributed by atoms with Crippen LogP contribution in [0.4, 0.5) is 5.69 Å². The lowest BCUT2D eigenvalue weighted by Gasteiger charge is -2.25. The third-order valence-electron chi connectivity index (χ3n) is 3.15. The van der Waals surface area contributed by atoms with Gasteiger partial charge in [-0.05, 0) is 26.0 Å². The number of thioether (sulfide) groups is 1. The lowest BCUT2D eigenvalue weighted by atomic mass is 10.1. The molecule has 1 aromatic rings. The Bertz CT molecular complexity index is 616. The van der Waals surface area contributed by atoms with Crippen molar-refractivity contribution >= 4 is 35.0 Å². The van der Waals surface area contributed by atoms with Gasteiger partial charge in [-0.2, -0.15) is 0 Å². The van der Waals surface area contributed by atoms with Crippen LogP contribution >= 0.6 is 11.8 Å². The number of ether oxygens (including phenoxy) is 1. The van der Waals surface area contributed by atoms with Gasteiger partial charge in [0.2, 0.25) is 12.5 Å². The molecule has 1 aliphatic heterocycles. The van der Waals surface area contributed by atoms with Gasteiger partial charge >= 0.3 is 5.97 Å². The number of anilines is 1. The minimum atomic E-state index is -0.453. The number of oxime groups is 1. The molecular formula is C15H18N2O4S. The number of carbonyl (C=O) groups excluding carboxylic acids is 2. The van der Waals surface area contributed by atoms with Crippen molar-refractivity contribution in [3.05, 3.63) is 23.8 Å². The molecule has 2 rings (SSSR count). The van der Waals surface area contributed by atoms with Crippen molar-refractivity contribution in [2.24, 2.45) is 5.16 Å². The van der Waals surface area contributed by atoms with Gasteiger partial charge < -0.3 is 14.5 Å². The van der Waals surface area contributed by atoms with E-state index in [0.29, 0.717) is 18.1 Å². The number of fused-ring (bicyclic) bond motifs is 1. The van der Waals surface area contributed by atoms with Crippen LogP contribution in [0.15, 0.2) is 28.3 Å². The lowest BCUT2D eigenvalue weighted by Crippen LogP contribution is -2.31. The lowest BCUT2D eigenvalue weighted by molar-refractivity contribution is -0.148. The summed E-state index contributed by atoms with van der Waals surface area (Å²) in [5.41, 5.74) is 2.33. The summed E-state index contributed by atoms with van der Waals surface area (Å²) in [6.07, 6.45) is 0. The molecule has 0 unspecified atom stereocenters. The topological polar surface area (TPSA) is 68.2 Å². The first-order valence-electron chi connectivity index (χ1n) is 6.89. The number of hydrogen-bond donors (Lipinski definition) is 0. The molecule has 0 fully saturated rings. The highest BCUT2D eigenvalue weighted by Crippen LogP contribution is 2.35. The van der Waals surface area contributed by atoms with Crippen LogP contribution in [-0.2, 0) is 19.2 Å². The van der Waals surface area contributed by atoms with Gasteiger partial charge in [0.05, 0.1) is 23.8 Å². The Morgan fingerprint density at radius 2 is 2.23 bits per heavy atom. The number of hydrogen-bond acceptors (Lipinski definition) is 6. The average Bonchev–Trinajstić information content (AvgIpc) is 2.51. The largest absolute Gasteiger partial charge is 0.463 e. The molecule has 0 N–H and O–H groups in total. The highest BCUT2D eigenvalue weighted by Gasteiger charge is 2.21. The molecule has 0 radical (unpaired) electrons. The first kappa shape index (κ1) is 16.4. The van der Waals surface area contributed by atoms with Gasteiger partial charge in [0.1, 0.15) is 0 Å². The Morgan fingerprint density at radius 1 is 1.45 bits per heavy atom. The fraction of sp³-hybridized carbons (Fsp3) is 0.400. The Kier molecular flexibility index (Phi) is 5.43. The van der Waals surface area contributed by atoms with Crippen LogP contribution < -0.4 is 4.90 Å². The summed E-state index contributed by atoms with van der Waals surface area (Å²) in [5, 5.41) is 3.92. The Hall–Kier alpha value is -2.02. The third kappa shape index (κ3) is 3.79. The van der Waals surface area contributed by atoms with Crippen molar-refractivity contribution in [2.75, 3.05) is 30.9 Å². The van der Waals surface area contributed by atoms with Crippen LogP contribution in [0.3, 0.4) is 0 Å². The number of carbonyl (C=O) groups is 2. The SMILES string of the molecule is CCOC(=O)CO/N=C(/C)c1ccc2c(c1)N(C)C(=O)CS2. The van der Waals surface area contributed by atoms with Crippen molar-refractivity contribution in [1.82, 2.24) is 0 Å². The van der Waals surface area contributed by atoms with E-state index < -0.39 is 5.97 Å². The van der Waals surface area contributed by atoms with E-state index in [4.69, 9.17) is 9.57 Å². The van der Waals surface area contributed by atoms with Crippen molar-refractivity contribution < 1.29 is 19.2 Å².